The molecule has 0 spiro atoms. The normalized spacial score (nSPS) is 11.5. The second-order valence-electron chi connectivity index (χ2n) is 7.95. The molecule has 3 aromatic carbocycles. The Morgan fingerprint density at radius 3 is 2.33 bits per heavy atom. The number of amides is 1. The van der Waals surface area contributed by atoms with E-state index in [-0.39, 0.29) is 17.8 Å². The first-order valence-corrected chi connectivity index (χ1v) is 11.2. The standard InChI is InChI=1S/C27H25N3O6/c1-17(25(31)28-22-15-19(34-2)13-14-23(22)35-3)36-27(33)24-20-11-7-8-12-21(20)26(32)30(29-24)16-18-9-5-4-6-10-18/h4-15,17H,16H2,1-3H3,(H,28,31). The minimum atomic E-state index is -1.16. The number of ether oxygens (including phenoxy) is 3. The number of esters is 1. The molecule has 0 aliphatic heterocycles. The van der Waals surface area contributed by atoms with Gasteiger partial charge in [-0.05, 0) is 30.7 Å². The first kappa shape index (κ1) is 24.5. The summed E-state index contributed by atoms with van der Waals surface area (Å²) >= 11 is 0. The van der Waals surface area contributed by atoms with E-state index in [9.17, 15) is 14.4 Å². The molecule has 1 aromatic heterocycles. The number of benzene rings is 3. The van der Waals surface area contributed by atoms with Gasteiger partial charge in [0.15, 0.2) is 11.8 Å². The fourth-order valence-corrected chi connectivity index (χ4v) is 3.67. The summed E-state index contributed by atoms with van der Waals surface area (Å²) in [5, 5.41) is 7.66. The van der Waals surface area contributed by atoms with Crippen LogP contribution in [0, 0.1) is 0 Å². The van der Waals surface area contributed by atoms with Crippen LogP contribution in [0.5, 0.6) is 11.5 Å². The number of anilines is 1. The van der Waals surface area contributed by atoms with Gasteiger partial charge in [-0.1, -0.05) is 48.5 Å². The molecule has 1 amide bonds. The highest BCUT2D eigenvalue weighted by atomic mass is 16.5. The molecule has 0 aliphatic carbocycles. The number of carbonyl (C=O) groups excluding carboxylic acids is 2. The van der Waals surface area contributed by atoms with Gasteiger partial charge < -0.3 is 19.5 Å². The summed E-state index contributed by atoms with van der Waals surface area (Å²) in [6.45, 7) is 1.62. The van der Waals surface area contributed by atoms with Crippen LogP contribution in [0.2, 0.25) is 0 Å². The molecule has 0 saturated carbocycles. The van der Waals surface area contributed by atoms with E-state index in [0.717, 1.165) is 5.56 Å². The molecule has 0 fully saturated rings. The van der Waals surface area contributed by atoms with Crippen LogP contribution in [0.25, 0.3) is 10.8 Å². The third-order valence-electron chi connectivity index (χ3n) is 5.55. The zero-order valence-electron chi connectivity index (χ0n) is 20.1. The smallest absolute Gasteiger partial charge is 0.360 e. The fraction of sp³-hybridized carbons (Fsp3) is 0.185. The molecule has 184 valence electrons. The summed E-state index contributed by atoms with van der Waals surface area (Å²) in [6, 6.07) is 20.9. The Hall–Kier alpha value is -4.66. The number of nitrogens with zero attached hydrogens (tertiary/aromatic N) is 2. The molecule has 0 bridgehead atoms. The van der Waals surface area contributed by atoms with Crippen molar-refractivity contribution in [3.05, 3.63) is 94.4 Å². The molecule has 1 N–H and O–H groups in total. The minimum absolute atomic E-state index is 0.0558. The minimum Gasteiger partial charge on any atom is -0.497 e. The molecule has 1 unspecified atom stereocenters. The lowest BCUT2D eigenvalue weighted by molar-refractivity contribution is -0.123. The van der Waals surface area contributed by atoms with Crippen molar-refractivity contribution in [2.45, 2.75) is 19.6 Å². The van der Waals surface area contributed by atoms with Gasteiger partial charge in [-0.2, -0.15) is 5.10 Å². The summed E-state index contributed by atoms with van der Waals surface area (Å²) in [5.41, 5.74) is 0.827. The van der Waals surface area contributed by atoms with E-state index in [0.29, 0.717) is 28.0 Å². The monoisotopic (exact) mass is 487 g/mol. The average Bonchev–Trinajstić information content (AvgIpc) is 2.90. The van der Waals surface area contributed by atoms with Gasteiger partial charge in [-0.15, -0.1) is 0 Å². The maximum Gasteiger partial charge on any atom is 0.360 e. The lowest BCUT2D eigenvalue weighted by Crippen LogP contribution is -2.32. The summed E-state index contributed by atoms with van der Waals surface area (Å²) in [5.74, 6) is -0.458. The molecule has 9 heteroatoms. The van der Waals surface area contributed by atoms with Crippen LogP contribution in [0.4, 0.5) is 5.69 Å². The Balaban J connectivity index is 1.60. The summed E-state index contributed by atoms with van der Waals surface area (Å²) in [6.07, 6.45) is -1.16. The predicted molar refractivity (Wildman–Crippen MR) is 135 cm³/mol. The van der Waals surface area contributed by atoms with Crippen molar-refractivity contribution < 1.29 is 23.8 Å². The van der Waals surface area contributed by atoms with Crippen LogP contribution in [-0.4, -0.2) is 42.0 Å². The van der Waals surface area contributed by atoms with E-state index in [2.05, 4.69) is 10.4 Å². The number of carbonyl (C=O) groups is 2. The van der Waals surface area contributed by atoms with E-state index in [1.807, 2.05) is 30.3 Å². The van der Waals surface area contributed by atoms with Crippen molar-refractivity contribution in [1.29, 1.82) is 0 Å². The number of aromatic nitrogens is 2. The number of hydrogen-bond acceptors (Lipinski definition) is 7. The van der Waals surface area contributed by atoms with Gasteiger partial charge in [0.25, 0.3) is 11.5 Å². The van der Waals surface area contributed by atoms with Gasteiger partial charge in [-0.25, -0.2) is 9.48 Å². The molecule has 0 saturated heterocycles. The Morgan fingerprint density at radius 2 is 1.64 bits per heavy atom. The summed E-state index contributed by atoms with van der Waals surface area (Å²) in [4.78, 5) is 39.0. The molecule has 4 aromatic rings. The molecule has 4 rings (SSSR count). The number of nitrogens with one attached hydrogen (secondary N) is 1. The first-order chi connectivity index (χ1) is 17.4. The van der Waals surface area contributed by atoms with Crippen molar-refractivity contribution in [3.63, 3.8) is 0 Å². The quantitative estimate of drug-likeness (QED) is 0.378. The fourth-order valence-electron chi connectivity index (χ4n) is 3.67. The Morgan fingerprint density at radius 1 is 0.944 bits per heavy atom. The lowest BCUT2D eigenvalue weighted by atomic mass is 10.1. The van der Waals surface area contributed by atoms with Crippen LogP contribution in [0.1, 0.15) is 23.0 Å². The predicted octanol–water partition coefficient (Wildman–Crippen LogP) is 3.65. The maximum absolute atomic E-state index is 13.1. The zero-order chi connectivity index (χ0) is 25.7. The van der Waals surface area contributed by atoms with E-state index in [1.54, 1.807) is 42.5 Å². The highest BCUT2D eigenvalue weighted by molar-refractivity contribution is 6.04. The van der Waals surface area contributed by atoms with Gasteiger partial charge >= 0.3 is 5.97 Å². The van der Waals surface area contributed by atoms with Crippen LogP contribution in [-0.2, 0) is 16.1 Å². The number of hydrogen-bond donors (Lipinski definition) is 1. The first-order valence-electron chi connectivity index (χ1n) is 11.2. The number of methoxy groups -OCH3 is 2. The van der Waals surface area contributed by atoms with Gasteiger partial charge in [0, 0.05) is 11.5 Å². The molecule has 0 radical (unpaired) electrons. The molecule has 36 heavy (non-hydrogen) atoms. The Kier molecular flexibility index (Phi) is 7.29. The van der Waals surface area contributed by atoms with Crippen LogP contribution >= 0.6 is 0 Å². The third-order valence-corrected chi connectivity index (χ3v) is 5.55. The van der Waals surface area contributed by atoms with Crippen molar-refractivity contribution >= 4 is 28.3 Å². The molecule has 9 nitrogen and oxygen atoms in total. The lowest BCUT2D eigenvalue weighted by Gasteiger charge is -2.16. The SMILES string of the molecule is COc1ccc(OC)c(NC(=O)C(C)OC(=O)c2nn(Cc3ccccc3)c(=O)c3ccccc23)c1. The van der Waals surface area contributed by atoms with E-state index in [1.165, 1.54) is 25.8 Å². The van der Waals surface area contributed by atoms with Crippen molar-refractivity contribution in [2.24, 2.45) is 0 Å². The Bertz CT molecular complexity index is 1470. The van der Waals surface area contributed by atoms with Crippen molar-refractivity contribution in [3.8, 4) is 11.5 Å². The van der Waals surface area contributed by atoms with Crippen molar-refractivity contribution in [1.82, 2.24) is 9.78 Å². The van der Waals surface area contributed by atoms with E-state index >= 15 is 0 Å². The number of rotatable bonds is 8. The highest BCUT2D eigenvalue weighted by Gasteiger charge is 2.24. The van der Waals surface area contributed by atoms with Crippen molar-refractivity contribution in [2.75, 3.05) is 19.5 Å². The third kappa shape index (κ3) is 5.20. The average molecular weight is 488 g/mol. The van der Waals surface area contributed by atoms with Gasteiger partial charge in [-0.3, -0.25) is 9.59 Å². The topological polar surface area (TPSA) is 109 Å². The second-order valence-corrected chi connectivity index (χ2v) is 7.95. The van der Waals surface area contributed by atoms with E-state index < -0.39 is 18.0 Å². The molecule has 0 aliphatic rings. The van der Waals surface area contributed by atoms with Gasteiger partial charge in [0.1, 0.15) is 11.5 Å². The largest absolute Gasteiger partial charge is 0.497 e. The van der Waals surface area contributed by atoms with Crippen LogP contribution in [0.15, 0.2) is 77.6 Å². The maximum atomic E-state index is 13.1. The van der Waals surface area contributed by atoms with Crippen LogP contribution in [0.3, 0.4) is 0 Å². The Labute approximate surface area is 207 Å². The van der Waals surface area contributed by atoms with Crippen LogP contribution < -0.4 is 20.3 Å². The second kappa shape index (κ2) is 10.7. The summed E-state index contributed by atoms with van der Waals surface area (Å²) < 4.78 is 17.1. The van der Waals surface area contributed by atoms with E-state index in [4.69, 9.17) is 14.2 Å². The molecule has 1 heterocycles. The molecular formula is C27H25N3O6. The molecular weight excluding hydrogens is 462 g/mol. The van der Waals surface area contributed by atoms with Gasteiger partial charge in [0.05, 0.1) is 31.8 Å². The van der Waals surface area contributed by atoms with Gasteiger partial charge in [0.2, 0.25) is 0 Å². The molecule has 1 atom stereocenters. The number of fused-ring (bicyclic) bond motifs is 1. The summed E-state index contributed by atoms with van der Waals surface area (Å²) in [7, 11) is 2.98. The zero-order valence-corrected chi connectivity index (χ0v) is 20.1. The highest BCUT2D eigenvalue weighted by Crippen LogP contribution is 2.29.